The molecule has 5 rings (SSSR count). The molecule has 186 valence electrons. The summed E-state index contributed by atoms with van der Waals surface area (Å²) < 4.78 is 5.24. The normalized spacial score (nSPS) is 31.9. The third kappa shape index (κ3) is 3.40. The highest BCUT2D eigenvalue weighted by Crippen LogP contribution is 2.58. The van der Waals surface area contributed by atoms with E-state index in [9.17, 15) is 24.3 Å². The number of carbonyl (C=O) groups is 4. The molecule has 2 saturated heterocycles. The maximum atomic E-state index is 13.6. The number of benzene rings is 1. The van der Waals surface area contributed by atoms with Crippen molar-refractivity contribution in [2.75, 3.05) is 20.2 Å². The van der Waals surface area contributed by atoms with Gasteiger partial charge in [-0.3, -0.25) is 29.0 Å². The van der Waals surface area contributed by atoms with E-state index in [2.05, 4.69) is 0 Å². The second-order valence-corrected chi connectivity index (χ2v) is 10.1. The van der Waals surface area contributed by atoms with Crippen LogP contribution in [0.1, 0.15) is 51.0 Å². The van der Waals surface area contributed by atoms with Crippen molar-refractivity contribution in [3.8, 4) is 11.5 Å². The average molecular weight is 481 g/mol. The molecule has 2 heterocycles. The molecule has 8 nitrogen and oxygen atoms in total. The average Bonchev–Trinajstić information content (AvgIpc) is 3.23. The second-order valence-electron chi connectivity index (χ2n) is 10.1. The Morgan fingerprint density at radius 2 is 1.51 bits per heavy atom. The number of amides is 4. The van der Waals surface area contributed by atoms with E-state index in [0.717, 1.165) is 5.57 Å². The van der Waals surface area contributed by atoms with Gasteiger partial charge in [0.2, 0.25) is 23.6 Å². The zero-order valence-corrected chi connectivity index (χ0v) is 20.4. The van der Waals surface area contributed by atoms with Crippen LogP contribution in [0.25, 0.3) is 0 Å². The van der Waals surface area contributed by atoms with Crippen LogP contribution in [-0.4, -0.2) is 58.7 Å². The van der Waals surface area contributed by atoms with E-state index in [1.807, 2.05) is 19.9 Å². The van der Waals surface area contributed by atoms with E-state index in [0.29, 0.717) is 50.1 Å². The first-order valence-corrected chi connectivity index (χ1v) is 12.6. The molecule has 4 amide bonds. The number of hydrogen-bond donors (Lipinski definition) is 1. The number of fused-ring (bicyclic) bond motifs is 4. The summed E-state index contributed by atoms with van der Waals surface area (Å²) in [6, 6.07) is 4.99. The van der Waals surface area contributed by atoms with Gasteiger partial charge in [0.05, 0.1) is 30.8 Å². The molecule has 35 heavy (non-hydrogen) atoms. The van der Waals surface area contributed by atoms with Gasteiger partial charge in [-0.25, -0.2) is 0 Å². The minimum atomic E-state index is -0.633. The first-order chi connectivity index (χ1) is 16.8. The highest BCUT2D eigenvalue weighted by molar-refractivity contribution is 6.08. The smallest absolute Gasteiger partial charge is 0.234 e. The third-order valence-corrected chi connectivity index (χ3v) is 8.30. The van der Waals surface area contributed by atoms with E-state index < -0.39 is 29.6 Å². The summed E-state index contributed by atoms with van der Waals surface area (Å²) in [7, 11) is 1.51. The fraction of sp³-hybridized carbons (Fsp3) is 0.556. The van der Waals surface area contributed by atoms with Crippen molar-refractivity contribution in [3.63, 3.8) is 0 Å². The number of phenols is 1. The van der Waals surface area contributed by atoms with Crippen molar-refractivity contribution in [3.05, 3.63) is 35.4 Å². The summed E-state index contributed by atoms with van der Waals surface area (Å²) in [5.41, 5.74) is 1.45. The Bertz CT molecular complexity index is 1130. The van der Waals surface area contributed by atoms with Gasteiger partial charge < -0.3 is 9.84 Å². The van der Waals surface area contributed by atoms with Gasteiger partial charge in [-0.2, -0.15) is 0 Å². The van der Waals surface area contributed by atoms with Gasteiger partial charge in [0.25, 0.3) is 0 Å². The summed E-state index contributed by atoms with van der Waals surface area (Å²) in [4.78, 5) is 56.2. The van der Waals surface area contributed by atoms with Crippen molar-refractivity contribution >= 4 is 23.6 Å². The number of allylic oxidation sites excluding steroid dienone is 2. The fourth-order valence-electron chi connectivity index (χ4n) is 6.87. The van der Waals surface area contributed by atoms with Crippen molar-refractivity contribution in [1.29, 1.82) is 0 Å². The van der Waals surface area contributed by atoms with E-state index >= 15 is 0 Å². The number of aromatic hydroxyl groups is 1. The lowest BCUT2D eigenvalue weighted by atomic mass is 9.57. The van der Waals surface area contributed by atoms with Gasteiger partial charge in [-0.1, -0.05) is 31.6 Å². The molecule has 0 spiro atoms. The zero-order valence-electron chi connectivity index (χ0n) is 20.4. The molecular weight excluding hydrogens is 448 g/mol. The highest BCUT2D eigenvalue weighted by Gasteiger charge is 2.61. The van der Waals surface area contributed by atoms with E-state index in [1.54, 1.807) is 12.1 Å². The lowest BCUT2D eigenvalue weighted by Crippen LogP contribution is -2.43. The van der Waals surface area contributed by atoms with Crippen molar-refractivity contribution in [1.82, 2.24) is 9.80 Å². The first kappa shape index (κ1) is 23.6. The Balaban J connectivity index is 1.63. The van der Waals surface area contributed by atoms with Crippen LogP contribution >= 0.6 is 0 Å². The molecule has 0 aromatic heterocycles. The van der Waals surface area contributed by atoms with Crippen LogP contribution in [0.15, 0.2) is 29.8 Å². The number of phenolic OH excluding ortho intramolecular Hbond substituents is 1. The Hall–Kier alpha value is -3.16. The highest BCUT2D eigenvalue weighted by atomic mass is 16.5. The van der Waals surface area contributed by atoms with E-state index in [-0.39, 0.29) is 35.3 Å². The van der Waals surface area contributed by atoms with Gasteiger partial charge in [0.15, 0.2) is 0 Å². The zero-order chi connectivity index (χ0) is 25.0. The summed E-state index contributed by atoms with van der Waals surface area (Å²) in [5, 5.41) is 11.0. The molecule has 1 N–H and O–H groups in total. The van der Waals surface area contributed by atoms with Gasteiger partial charge >= 0.3 is 0 Å². The standard InChI is InChI=1S/C27H32N2O6/c1-4-10-28-24(31)17-9-8-15-18(22(17)26(28)33)13-19-23(27(34)29(11-5-2)25(19)32)21(15)16-7-6-14(35-3)12-20(16)30/h6-8,12,17-19,21-23,30H,4-5,9-11,13H2,1-3H3/t17-,18+,19+,21+,22-,23+/m0/s1. The number of carbonyl (C=O) groups excluding carboxylic acids is 4. The number of likely N-dealkylation sites (tertiary alicyclic amines) is 2. The molecule has 1 saturated carbocycles. The molecule has 6 atom stereocenters. The van der Waals surface area contributed by atoms with Crippen LogP contribution in [-0.2, 0) is 19.2 Å². The van der Waals surface area contributed by atoms with Gasteiger partial charge in [0.1, 0.15) is 11.5 Å². The number of imide groups is 2. The van der Waals surface area contributed by atoms with Crippen molar-refractivity contribution < 1.29 is 29.0 Å². The number of rotatable bonds is 6. The Kier molecular flexibility index (Phi) is 5.93. The quantitative estimate of drug-likeness (QED) is 0.496. The molecule has 0 radical (unpaired) electrons. The van der Waals surface area contributed by atoms with Crippen LogP contribution in [0.2, 0.25) is 0 Å². The molecule has 8 heteroatoms. The van der Waals surface area contributed by atoms with Crippen LogP contribution in [0.5, 0.6) is 11.5 Å². The first-order valence-electron chi connectivity index (χ1n) is 12.6. The van der Waals surface area contributed by atoms with E-state index in [4.69, 9.17) is 4.74 Å². The van der Waals surface area contributed by atoms with Crippen LogP contribution in [0.3, 0.4) is 0 Å². The summed E-state index contributed by atoms with van der Waals surface area (Å²) in [5.74, 6) is -3.27. The molecule has 0 unspecified atom stereocenters. The lowest BCUT2D eigenvalue weighted by Gasteiger charge is -2.44. The maximum absolute atomic E-state index is 13.6. The van der Waals surface area contributed by atoms with Gasteiger partial charge in [-0.05, 0) is 37.7 Å². The second kappa shape index (κ2) is 8.81. The summed E-state index contributed by atoms with van der Waals surface area (Å²) >= 11 is 0. The Morgan fingerprint density at radius 3 is 2.11 bits per heavy atom. The molecule has 3 fully saturated rings. The Labute approximate surface area is 204 Å². The van der Waals surface area contributed by atoms with Crippen molar-refractivity contribution in [2.24, 2.45) is 29.6 Å². The number of hydrogen-bond acceptors (Lipinski definition) is 6. The number of methoxy groups -OCH3 is 1. The summed E-state index contributed by atoms with van der Waals surface area (Å²) in [6.45, 7) is 4.60. The topological polar surface area (TPSA) is 104 Å². The molecule has 1 aromatic rings. The SMILES string of the molecule is CCCN1C(=O)[C@H]2[C@H](CC=C3[C@H]2C[C@H]2C(=O)N(CCC)C(=O)[C@H]2[C@H]3c2ccc(OC)cc2O)C1=O. The largest absolute Gasteiger partial charge is 0.508 e. The predicted octanol–water partition coefficient (Wildman–Crippen LogP) is 2.86. The molecule has 2 aliphatic carbocycles. The van der Waals surface area contributed by atoms with Gasteiger partial charge in [0, 0.05) is 30.6 Å². The van der Waals surface area contributed by atoms with Crippen molar-refractivity contribution in [2.45, 2.75) is 45.4 Å². The Morgan fingerprint density at radius 1 is 0.886 bits per heavy atom. The monoisotopic (exact) mass is 480 g/mol. The molecule has 2 aliphatic heterocycles. The molecule has 0 bridgehead atoms. The third-order valence-electron chi connectivity index (χ3n) is 8.30. The van der Waals surface area contributed by atoms with Crippen LogP contribution in [0, 0.1) is 29.6 Å². The van der Waals surface area contributed by atoms with Crippen LogP contribution in [0.4, 0.5) is 0 Å². The van der Waals surface area contributed by atoms with E-state index in [1.165, 1.54) is 23.0 Å². The lowest BCUT2D eigenvalue weighted by molar-refractivity contribution is -0.142. The van der Waals surface area contributed by atoms with Gasteiger partial charge in [-0.15, -0.1) is 0 Å². The number of ether oxygens (including phenoxy) is 1. The summed E-state index contributed by atoms with van der Waals surface area (Å²) in [6.07, 6.45) is 4.14. The fourth-order valence-corrected chi connectivity index (χ4v) is 6.87. The minimum absolute atomic E-state index is 0.00704. The number of nitrogens with zero attached hydrogens (tertiary/aromatic N) is 2. The maximum Gasteiger partial charge on any atom is 0.234 e. The predicted molar refractivity (Wildman–Crippen MR) is 126 cm³/mol. The molecule has 4 aliphatic rings. The molecule has 1 aromatic carbocycles. The minimum Gasteiger partial charge on any atom is -0.508 e. The van der Waals surface area contributed by atoms with Crippen LogP contribution < -0.4 is 4.74 Å². The molecular formula is C27H32N2O6.